The maximum absolute atomic E-state index is 4.42. The van der Waals surface area contributed by atoms with E-state index in [4.69, 9.17) is 0 Å². The van der Waals surface area contributed by atoms with E-state index >= 15 is 0 Å². The fraction of sp³-hybridized carbons (Fsp3) is 0.500. The third kappa shape index (κ3) is 2.15. The molecule has 1 rings (SSSR count). The van der Waals surface area contributed by atoms with Crippen LogP contribution in [0.5, 0.6) is 0 Å². The summed E-state index contributed by atoms with van der Waals surface area (Å²) >= 11 is 4.17. The number of nitrogens with zero attached hydrogens (tertiary/aromatic N) is 2. The van der Waals surface area contributed by atoms with Crippen molar-refractivity contribution in [3.8, 4) is 0 Å². The molecule has 0 saturated carbocycles. The Hall–Kier alpha value is -0.700. The van der Waals surface area contributed by atoms with Crippen LogP contribution in [-0.4, -0.2) is 15.5 Å². The van der Waals surface area contributed by atoms with Crippen molar-refractivity contribution in [3.63, 3.8) is 0 Å². The highest BCUT2D eigenvalue weighted by Gasteiger charge is 2.06. The van der Waals surface area contributed by atoms with Crippen LogP contribution in [0.25, 0.3) is 0 Å². The Morgan fingerprint density at radius 1 is 1.46 bits per heavy atom. The SMILES string of the molecule is C=C(CS)Cn1nc(C)c(C)c1C. The molecule has 0 aliphatic rings. The molecule has 3 heteroatoms. The van der Waals surface area contributed by atoms with Crippen molar-refractivity contribution in [2.24, 2.45) is 0 Å². The molecule has 0 bridgehead atoms. The Balaban J connectivity index is 2.90. The van der Waals surface area contributed by atoms with Crippen molar-refractivity contribution in [1.29, 1.82) is 0 Å². The van der Waals surface area contributed by atoms with Crippen LogP contribution in [0.1, 0.15) is 17.0 Å². The van der Waals surface area contributed by atoms with Gasteiger partial charge in [-0.25, -0.2) is 0 Å². The molecule has 1 heterocycles. The van der Waals surface area contributed by atoms with Gasteiger partial charge in [-0.05, 0) is 31.9 Å². The molecule has 0 radical (unpaired) electrons. The summed E-state index contributed by atoms with van der Waals surface area (Å²) < 4.78 is 1.99. The minimum atomic E-state index is 0.720. The monoisotopic (exact) mass is 196 g/mol. The van der Waals surface area contributed by atoms with Crippen LogP contribution in [-0.2, 0) is 6.54 Å². The lowest BCUT2D eigenvalue weighted by Crippen LogP contribution is -2.05. The summed E-state index contributed by atoms with van der Waals surface area (Å²) in [5.74, 6) is 0.720. The number of aryl methyl sites for hydroxylation is 1. The zero-order valence-corrected chi connectivity index (χ0v) is 9.36. The molecule has 0 aliphatic heterocycles. The zero-order valence-electron chi connectivity index (χ0n) is 8.46. The summed E-state index contributed by atoms with van der Waals surface area (Å²) in [5, 5.41) is 4.42. The summed E-state index contributed by atoms with van der Waals surface area (Å²) in [6.07, 6.45) is 0. The fourth-order valence-corrected chi connectivity index (χ4v) is 1.30. The highest BCUT2D eigenvalue weighted by atomic mass is 32.1. The molecule has 0 aromatic carbocycles. The number of hydrogen-bond donors (Lipinski definition) is 1. The van der Waals surface area contributed by atoms with Gasteiger partial charge in [0.25, 0.3) is 0 Å². The van der Waals surface area contributed by atoms with Gasteiger partial charge in [-0.1, -0.05) is 6.58 Å². The summed E-state index contributed by atoms with van der Waals surface area (Å²) in [6, 6.07) is 0. The van der Waals surface area contributed by atoms with E-state index in [2.05, 4.69) is 38.2 Å². The summed E-state index contributed by atoms with van der Waals surface area (Å²) in [4.78, 5) is 0. The molecule has 1 aromatic heterocycles. The van der Waals surface area contributed by atoms with Crippen molar-refractivity contribution < 1.29 is 0 Å². The molecule has 1 aromatic rings. The first-order valence-corrected chi connectivity index (χ1v) is 4.97. The number of aromatic nitrogens is 2. The standard InChI is InChI=1S/C10H16N2S/c1-7(6-13)5-12-10(4)8(2)9(3)11-12/h13H,1,5-6H2,2-4H3. The quantitative estimate of drug-likeness (QED) is 0.580. The van der Waals surface area contributed by atoms with E-state index in [9.17, 15) is 0 Å². The third-order valence-corrected chi connectivity index (χ3v) is 2.79. The predicted molar refractivity (Wildman–Crippen MR) is 59.4 cm³/mol. The Morgan fingerprint density at radius 3 is 2.46 bits per heavy atom. The van der Waals surface area contributed by atoms with Crippen molar-refractivity contribution in [2.75, 3.05) is 5.75 Å². The van der Waals surface area contributed by atoms with Gasteiger partial charge in [-0.15, -0.1) is 0 Å². The van der Waals surface area contributed by atoms with Crippen LogP contribution in [0.4, 0.5) is 0 Å². The van der Waals surface area contributed by atoms with Gasteiger partial charge in [0.15, 0.2) is 0 Å². The first-order chi connectivity index (χ1) is 6.06. The molecule has 2 nitrogen and oxygen atoms in total. The molecule has 0 spiro atoms. The van der Waals surface area contributed by atoms with Crippen molar-refractivity contribution in [1.82, 2.24) is 9.78 Å². The smallest absolute Gasteiger partial charge is 0.0627 e. The Kier molecular flexibility index (Phi) is 3.20. The molecule has 72 valence electrons. The predicted octanol–water partition coefficient (Wildman–Crippen LogP) is 2.29. The van der Waals surface area contributed by atoms with E-state index in [1.165, 1.54) is 11.3 Å². The lowest BCUT2D eigenvalue weighted by atomic mass is 10.2. The Bertz CT molecular complexity index is 326. The van der Waals surface area contributed by atoms with Crippen LogP contribution in [0.3, 0.4) is 0 Å². The molecule has 0 atom stereocenters. The normalized spacial score (nSPS) is 10.5. The van der Waals surface area contributed by atoms with E-state index in [1.54, 1.807) is 0 Å². The number of thiol groups is 1. The van der Waals surface area contributed by atoms with Gasteiger partial charge in [0, 0.05) is 11.4 Å². The van der Waals surface area contributed by atoms with E-state index in [1.807, 2.05) is 11.6 Å². The maximum Gasteiger partial charge on any atom is 0.0627 e. The topological polar surface area (TPSA) is 17.8 Å². The molecule has 0 unspecified atom stereocenters. The van der Waals surface area contributed by atoms with Gasteiger partial charge in [0.2, 0.25) is 0 Å². The third-order valence-electron chi connectivity index (χ3n) is 2.34. The van der Waals surface area contributed by atoms with Gasteiger partial charge < -0.3 is 0 Å². The van der Waals surface area contributed by atoms with Gasteiger partial charge in [0.1, 0.15) is 0 Å². The van der Waals surface area contributed by atoms with Crippen molar-refractivity contribution in [2.45, 2.75) is 27.3 Å². The van der Waals surface area contributed by atoms with Gasteiger partial charge >= 0.3 is 0 Å². The second kappa shape index (κ2) is 4.01. The fourth-order valence-electron chi connectivity index (χ4n) is 1.20. The molecular weight excluding hydrogens is 180 g/mol. The van der Waals surface area contributed by atoms with E-state index in [0.29, 0.717) is 0 Å². The highest BCUT2D eigenvalue weighted by molar-refractivity contribution is 7.80. The Labute approximate surface area is 85.1 Å². The lowest BCUT2D eigenvalue weighted by molar-refractivity contribution is 0.653. The minimum absolute atomic E-state index is 0.720. The van der Waals surface area contributed by atoms with Crippen LogP contribution in [0.2, 0.25) is 0 Å². The number of rotatable bonds is 3. The summed E-state index contributed by atoms with van der Waals surface area (Å²) in [6.45, 7) is 10.9. The molecular formula is C10H16N2S. The average Bonchev–Trinajstić information content (AvgIpc) is 2.34. The average molecular weight is 196 g/mol. The van der Waals surface area contributed by atoms with Gasteiger partial charge in [-0.2, -0.15) is 17.7 Å². The highest BCUT2D eigenvalue weighted by Crippen LogP contribution is 2.12. The van der Waals surface area contributed by atoms with Crippen LogP contribution in [0, 0.1) is 20.8 Å². The first kappa shape index (κ1) is 10.4. The van der Waals surface area contributed by atoms with Crippen molar-refractivity contribution >= 4 is 12.6 Å². The maximum atomic E-state index is 4.42. The molecule has 13 heavy (non-hydrogen) atoms. The minimum Gasteiger partial charge on any atom is -0.265 e. The van der Waals surface area contributed by atoms with Gasteiger partial charge in [-0.3, -0.25) is 4.68 Å². The Morgan fingerprint density at radius 2 is 2.08 bits per heavy atom. The van der Waals surface area contributed by atoms with E-state index in [-0.39, 0.29) is 0 Å². The second-order valence-corrected chi connectivity index (χ2v) is 3.68. The lowest BCUT2D eigenvalue weighted by Gasteiger charge is -2.04. The summed E-state index contributed by atoms with van der Waals surface area (Å²) in [7, 11) is 0. The van der Waals surface area contributed by atoms with E-state index < -0.39 is 0 Å². The molecule has 0 N–H and O–H groups in total. The van der Waals surface area contributed by atoms with Crippen LogP contribution < -0.4 is 0 Å². The molecule has 0 saturated heterocycles. The molecule has 0 amide bonds. The number of hydrogen-bond acceptors (Lipinski definition) is 2. The van der Waals surface area contributed by atoms with E-state index in [0.717, 1.165) is 23.6 Å². The van der Waals surface area contributed by atoms with Crippen LogP contribution in [0.15, 0.2) is 12.2 Å². The first-order valence-electron chi connectivity index (χ1n) is 4.34. The zero-order chi connectivity index (χ0) is 10.0. The summed E-state index contributed by atoms with van der Waals surface area (Å²) in [5.41, 5.74) is 4.69. The van der Waals surface area contributed by atoms with Crippen molar-refractivity contribution in [3.05, 3.63) is 29.1 Å². The van der Waals surface area contributed by atoms with Crippen LogP contribution >= 0.6 is 12.6 Å². The molecule has 0 fully saturated rings. The van der Waals surface area contributed by atoms with Gasteiger partial charge in [0.05, 0.1) is 12.2 Å². The largest absolute Gasteiger partial charge is 0.265 e. The second-order valence-electron chi connectivity index (χ2n) is 3.36. The molecule has 0 aliphatic carbocycles.